The van der Waals surface area contributed by atoms with Crippen LogP contribution in [0.15, 0.2) is 54.6 Å². The highest BCUT2D eigenvalue weighted by molar-refractivity contribution is 5.50. The summed E-state index contributed by atoms with van der Waals surface area (Å²) in [7, 11) is 0. The minimum absolute atomic E-state index is 0.302. The van der Waals surface area contributed by atoms with Crippen molar-refractivity contribution in [1.82, 2.24) is 0 Å². The predicted molar refractivity (Wildman–Crippen MR) is 79.5 cm³/mol. The molecule has 96 valence electrons. The van der Waals surface area contributed by atoms with Crippen molar-refractivity contribution in [1.29, 1.82) is 0 Å². The van der Waals surface area contributed by atoms with Gasteiger partial charge in [0, 0.05) is 0 Å². The molecule has 0 radical (unpaired) electrons. The molecule has 18 heavy (non-hydrogen) atoms. The van der Waals surface area contributed by atoms with Gasteiger partial charge in [0.2, 0.25) is 0 Å². The zero-order valence-corrected chi connectivity index (χ0v) is 11.3. The summed E-state index contributed by atoms with van der Waals surface area (Å²) in [4.78, 5) is 0. The van der Waals surface area contributed by atoms with E-state index in [0.29, 0.717) is 11.7 Å². The average molecular weight is 242 g/mol. The van der Waals surface area contributed by atoms with Crippen LogP contribution in [0.5, 0.6) is 5.75 Å². The monoisotopic (exact) mass is 242 g/mol. The molecular formula is C17H22O. The van der Waals surface area contributed by atoms with Crippen molar-refractivity contribution >= 4 is 6.08 Å². The molecule has 0 saturated carbocycles. The van der Waals surface area contributed by atoms with Crippen LogP contribution in [0.4, 0.5) is 0 Å². The number of aromatic hydroxyl groups is 1. The summed E-state index contributed by atoms with van der Waals surface area (Å²) >= 11 is 0. The lowest BCUT2D eigenvalue weighted by molar-refractivity contribution is 0.475. The Balaban J connectivity index is 2.54. The van der Waals surface area contributed by atoms with Crippen molar-refractivity contribution < 1.29 is 5.11 Å². The second-order valence-corrected chi connectivity index (χ2v) is 4.71. The summed E-state index contributed by atoms with van der Waals surface area (Å²) in [6, 6.07) is 7.21. The average Bonchev–Trinajstić information content (AvgIpc) is 2.35. The lowest BCUT2D eigenvalue weighted by Gasteiger charge is -2.05. The van der Waals surface area contributed by atoms with Crippen LogP contribution in [0.2, 0.25) is 0 Å². The molecule has 1 heteroatoms. The van der Waals surface area contributed by atoms with Crippen molar-refractivity contribution in [3.8, 4) is 5.75 Å². The maximum Gasteiger partial charge on any atom is 0.115 e. The van der Waals surface area contributed by atoms with E-state index in [1.54, 1.807) is 12.1 Å². The molecule has 0 aliphatic carbocycles. The topological polar surface area (TPSA) is 20.2 Å². The number of benzene rings is 1. The number of hydrogen-bond donors (Lipinski definition) is 1. The maximum absolute atomic E-state index is 9.20. The highest BCUT2D eigenvalue weighted by Gasteiger charge is 1.98. The molecule has 1 N–H and O–H groups in total. The molecular weight excluding hydrogens is 220 g/mol. The quantitative estimate of drug-likeness (QED) is 0.699. The summed E-state index contributed by atoms with van der Waals surface area (Å²) in [6.45, 7) is 8.11. The van der Waals surface area contributed by atoms with Gasteiger partial charge in [-0.25, -0.2) is 0 Å². The van der Waals surface area contributed by atoms with Crippen LogP contribution in [0.25, 0.3) is 6.08 Å². The van der Waals surface area contributed by atoms with Crippen molar-refractivity contribution in [2.75, 3.05) is 0 Å². The molecule has 1 unspecified atom stereocenters. The molecule has 1 aromatic carbocycles. The Hall–Kier alpha value is -1.76. The van der Waals surface area contributed by atoms with Crippen LogP contribution in [0.1, 0.15) is 32.3 Å². The van der Waals surface area contributed by atoms with E-state index in [1.165, 1.54) is 5.57 Å². The van der Waals surface area contributed by atoms with Crippen LogP contribution < -0.4 is 0 Å². The van der Waals surface area contributed by atoms with Gasteiger partial charge in [0.05, 0.1) is 0 Å². The SMILES string of the molecule is C=CC(C=Cc1ccc(O)cc1)CCC=C(C)C. The van der Waals surface area contributed by atoms with Gasteiger partial charge < -0.3 is 5.11 Å². The van der Waals surface area contributed by atoms with E-state index < -0.39 is 0 Å². The third-order valence-corrected chi connectivity index (χ3v) is 2.78. The lowest BCUT2D eigenvalue weighted by atomic mass is 10.0. The second-order valence-electron chi connectivity index (χ2n) is 4.71. The minimum atomic E-state index is 0.302. The summed E-state index contributed by atoms with van der Waals surface area (Å²) in [5.41, 5.74) is 2.46. The van der Waals surface area contributed by atoms with Gasteiger partial charge in [0.1, 0.15) is 5.75 Å². The fourth-order valence-corrected chi connectivity index (χ4v) is 1.68. The van der Waals surface area contributed by atoms with Gasteiger partial charge >= 0.3 is 0 Å². The first-order valence-corrected chi connectivity index (χ1v) is 6.35. The number of allylic oxidation sites excluding steroid dienone is 4. The van der Waals surface area contributed by atoms with Gasteiger partial charge in [-0.15, -0.1) is 6.58 Å². The van der Waals surface area contributed by atoms with Crippen LogP contribution in [-0.2, 0) is 0 Å². The molecule has 0 saturated heterocycles. The van der Waals surface area contributed by atoms with E-state index in [4.69, 9.17) is 0 Å². The molecule has 1 nitrogen and oxygen atoms in total. The molecule has 0 fully saturated rings. The van der Waals surface area contributed by atoms with Gasteiger partial charge in [-0.05, 0) is 50.3 Å². The van der Waals surface area contributed by atoms with Crippen molar-refractivity contribution in [3.63, 3.8) is 0 Å². The Kier molecular flexibility index (Phi) is 5.99. The summed E-state index contributed by atoms with van der Waals surface area (Å²) in [5.74, 6) is 0.699. The summed E-state index contributed by atoms with van der Waals surface area (Å²) in [6.07, 6.45) is 10.6. The minimum Gasteiger partial charge on any atom is -0.508 e. The zero-order valence-electron chi connectivity index (χ0n) is 11.3. The first-order chi connectivity index (χ1) is 8.61. The lowest BCUT2D eigenvalue weighted by Crippen LogP contribution is -1.90. The fourth-order valence-electron chi connectivity index (χ4n) is 1.68. The summed E-state index contributed by atoms with van der Waals surface area (Å²) in [5, 5.41) is 9.20. The number of phenols is 1. The van der Waals surface area contributed by atoms with Gasteiger partial charge in [0.15, 0.2) is 0 Å². The Labute approximate surface area is 110 Å². The van der Waals surface area contributed by atoms with Gasteiger partial charge in [-0.1, -0.05) is 42.0 Å². The molecule has 0 aromatic heterocycles. The molecule has 0 aliphatic rings. The van der Waals surface area contributed by atoms with Crippen LogP contribution >= 0.6 is 0 Å². The van der Waals surface area contributed by atoms with Gasteiger partial charge in [0.25, 0.3) is 0 Å². The maximum atomic E-state index is 9.20. The van der Waals surface area contributed by atoms with Gasteiger partial charge in [-0.3, -0.25) is 0 Å². The molecule has 0 amide bonds. The molecule has 0 heterocycles. The Bertz CT molecular complexity index is 419. The van der Waals surface area contributed by atoms with Crippen LogP contribution in [-0.4, -0.2) is 5.11 Å². The molecule has 1 aromatic rings. The first kappa shape index (κ1) is 14.3. The number of phenolic OH excluding ortho intramolecular Hbond substituents is 1. The molecule has 1 atom stereocenters. The van der Waals surface area contributed by atoms with E-state index in [1.807, 2.05) is 18.2 Å². The van der Waals surface area contributed by atoms with Crippen LogP contribution in [0, 0.1) is 5.92 Å². The highest BCUT2D eigenvalue weighted by atomic mass is 16.3. The van der Waals surface area contributed by atoms with E-state index in [0.717, 1.165) is 18.4 Å². The standard InChI is InChI=1S/C17H22O/c1-4-15(7-5-6-14(2)3)8-9-16-10-12-17(18)13-11-16/h4,6,8-13,15,18H,1,5,7H2,2-3H3. The first-order valence-electron chi connectivity index (χ1n) is 6.35. The molecule has 0 spiro atoms. The Morgan fingerprint density at radius 1 is 1.28 bits per heavy atom. The number of rotatable bonds is 6. The van der Waals surface area contributed by atoms with Gasteiger partial charge in [-0.2, -0.15) is 0 Å². The third kappa shape index (κ3) is 5.53. The van der Waals surface area contributed by atoms with E-state index >= 15 is 0 Å². The molecule has 0 aliphatic heterocycles. The largest absolute Gasteiger partial charge is 0.508 e. The van der Waals surface area contributed by atoms with E-state index in [2.05, 4.69) is 38.7 Å². The smallest absolute Gasteiger partial charge is 0.115 e. The Morgan fingerprint density at radius 2 is 1.94 bits per heavy atom. The second kappa shape index (κ2) is 7.54. The molecule has 0 bridgehead atoms. The van der Waals surface area contributed by atoms with E-state index in [-0.39, 0.29) is 0 Å². The fraction of sp³-hybridized carbons (Fsp3) is 0.294. The Morgan fingerprint density at radius 3 is 2.50 bits per heavy atom. The normalized spacial score (nSPS) is 12.3. The number of hydrogen-bond acceptors (Lipinski definition) is 1. The predicted octanol–water partition coefficient (Wildman–Crippen LogP) is 4.95. The van der Waals surface area contributed by atoms with Crippen LogP contribution in [0.3, 0.4) is 0 Å². The van der Waals surface area contributed by atoms with Crippen molar-refractivity contribution in [2.45, 2.75) is 26.7 Å². The zero-order chi connectivity index (χ0) is 13.4. The third-order valence-electron chi connectivity index (χ3n) is 2.78. The summed E-state index contributed by atoms with van der Waals surface area (Å²) < 4.78 is 0. The van der Waals surface area contributed by atoms with Crippen molar-refractivity contribution in [3.05, 3.63) is 60.2 Å². The highest BCUT2D eigenvalue weighted by Crippen LogP contribution is 2.15. The molecule has 1 rings (SSSR count). The van der Waals surface area contributed by atoms with Crippen molar-refractivity contribution in [2.24, 2.45) is 5.92 Å². The van der Waals surface area contributed by atoms with E-state index in [9.17, 15) is 5.11 Å².